The van der Waals surface area contributed by atoms with E-state index in [9.17, 15) is 0 Å². The van der Waals surface area contributed by atoms with Crippen LogP contribution in [-0.4, -0.2) is 26.3 Å². The van der Waals surface area contributed by atoms with Crippen LogP contribution in [0.4, 0.5) is 0 Å². The fourth-order valence-corrected chi connectivity index (χ4v) is 1.74. The summed E-state index contributed by atoms with van der Waals surface area (Å²) in [5.41, 5.74) is 0.852. The van der Waals surface area contributed by atoms with Gasteiger partial charge in [-0.3, -0.25) is 0 Å². The Kier molecular flexibility index (Phi) is 4.06. The molecular weight excluding hydrogens is 244 g/mol. The highest BCUT2D eigenvalue weighted by Crippen LogP contribution is 2.34. The van der Waals surface area contributed by atoms with E-state index in [2.05, 4.69) is 10.3 Å². The molecule has 0 radical (unpaired) electrons. The van der Waals surface area contributed by atoms with Gasteiger partial charge in [-0.05, 0) is 26.1 Å². The molecule has 19 heavy (non-hydrogen) atoms. The Bertz CT molecular complexity index is 551. The summed E-state index contributed by atoms with van der Waals surface area (Å²) in [6.07, 6.45) is 1.70. The van der Waals surface area contributed by atoms with Crippen molar-refractivity contribution in [3.8, 4) is 22.8 Å². The van der Waals surface area contributed by atoms with Gasteiger partial charge in [0.1, 0.15) is 11.5 Å². The predicted octanol–water partition coefficient (Wildman–Crippen LogP) is 2.64. The van der Waals surface area contributed by atoms with E-state index in [1.807, 2.05) is 32.2 Å². The first kappa shape index (κ1) is 13.4. The molecule has 2 aromatic rings. The zero-order valence-electron chi connectivity index (χ0n) is 11.6. The van der Waals surface area contributed by atoms with Gasteiger partial charge in [-0.2, -0.15) is 0 Å². The number of benzene rings is 1. The first-order valence-corrected chi connectivity index (χ1v) is 6.05. The topological polar surface area (TPSA) is 56.5 Å². The van der Waals surface area contributed by atoms with Gasteiger partial charge in [0.05, 0.1) is 32.0 Å². The second kappa shape index (κ2) is 5.75. The number of aromatic nitrogens is 1. The smallest absolute Gasteiger partial charge is 0.211 e. The number of rotatable bonds is 5. The van der Waals surface area contributed by atoms with Crippen LogP contribution in [0.15, 0.2) is 28.8 Å². The van der Waals surface area contributed by atoms with Crippen LogP contribution in [0.25, 0.3) is 11.3 Å². The largest absolute Gasteiger partial charge is 0.497 e. The third-order valence-electron chi connectivity index (χ3n) is 3.00. The van der Waals surface area contributed by atoms with Crippen molar-refractivity contribution in [3.63, 3.8) is 0 Å². The van der Waals surface area contributed by atoms with Gasteiger partial charge in [0.25, 0.3) is 0 Å². The monoisotopic (exact) mass is 262 g/mol. The number of hydrogen-bond donors (Lipinski definition) is 1. The molecule has 0 aliphatic carbocycles. The lowest BCUT2D eigenvalue weighted by Crippen LogP contribution is -2.12. The van der Waals surface area contributed by atoms with Crippen LogP contribution in [0.3, 0.4) is 0 Å². The minimum absolute atomic E-state index is 0.0676. The molecule has 0 spiro atoms. The van der Waals surface area contributed by atoms with E-state index in [0.29, 0.717) is 17.4 Å². The molecule has 1 atom stereocenters. The maximum Gasteiger partial charge on any atom is 0.211 e. The molecule has 5 nitrogen and oxygen atoms in total. The fraction of sp³-hybridized carbons (Fsp3) is 0.357. The summed E-state index contributed by atoms with van der Waals surface area (Å²) in [7, 11) is 5.10. The Hall–Kier alpha value is -2.01. The van der Waals surface area contributed by atoms with Crippen molar-refractivity contribution in [2.24, 2.45) is 0 Å². The molecule has 1 N–H and O–H groups in total. The van der Waals surface area contributed by atoms with E-state index in [1.165, 1.54) is 0 Å². The Morgan fingerprint density at radius 3 is 2.68 bits per heavy atom. The van der Waals surface area contributed by atoms with Gasteiger partial charge >= 0.3 is 0 Å². The van der Waals surface area contributed by atoms with Crippen molar-refractivity contribution in [1.29, 1.82) is 0 Å². The molecule has 0 aliphatic heterocycles. The summed E-state index contributed by atoms with van der Waals surface area (Å²) < 4.78 is 16.3. The predicted molar refractivity (Wildman–Crippen MR) is 72.5 cm³/mol. The molecular formula is C14H18N2O3. The molecule has 0 saturated heterocycles. The number of nitrogens with zero attached hydrogens (tertiary/aromatic N) is 1. The van der Waals surface area contributed by atoms with Crippen molar-refractivity contribution >= 4 is 0 Å². The lowest BCUT2D eigenvalue weighted by molar-refractivity contribution is 0.393. The highest BCUT2D eigenvalue weighted by molar-refractivity contribution is 5.66. The molecule has 5 heteroatoms. The van der Waals surface area contributed by atoms with E-state index < -0.39 is 0 Å². The highest BCUT2D eigenvalue weighted by Gasteiger charge is 2.15. The quantitative estimate of drug-likeness (QED) is 0.897. The van der Waals surface area contributed by atoms with Gasteiger partial charge in [0.15, 0.2) is 5.76 Å². The van der Waals surface area contributed by atoms with Crippen LogP contribution >= 0.6 is 0 Å². The van der Waals surface area contributed by atoms with Gasteiger partial charge in [-0.15, -0.1) is 0 Å². The molecule has 0 bridgehead atoms. The SMILES string of the molecule is CNC(C)c1ncc(-c2ccc(OC)cc2OC)o1. The van der Waals surface area contributed by atoms with Crippen LogP contribution < -0.4 is 14.8 Å². The summed E-state index contributed by atoms with van der Waals surface area (Å²) in [5.74, 6) is 2.76. The van der Waals surface area contributed by atoms with Gasteiger partial charge in [-0.1, -0.05) is 0 Å². The van der Waals surface area contributed by atoms with E-state index in [-0.39, 0.29) is 6.04 Å². The average molecular weight is 262 g/mol. The first-order chi connectivity index (χ1) is 9.19. The minimum atomic E-state index is 0.0676. The summed E-state index contributed by atoms with van der Waals surface area (Å²) >= 11 is 0. The number of hydrogen-bond acceptors (Lipinski definition) is 5. The standard InChI is InChI=1S/C14H18N2O3/c1-9(15-2)14-16-8-13(19-14)11-6-5-10(17-3)7-12(11)18-4/h5-9,15H,1-4H3. The van der Waals surface area contributed by atoms with Crippen LogP contribution in [0.1, 0.15) is 18.9 Å². The van der Waals surface area contributed by atoms with Crippen LogP contribution in [0.5, 0.6) is 11.5 Å². The second-order valence-electron chi connectivity index (χ2n) is 4.14. The molecule has 1 aromatic carbocycles. The zero-order chi connectivity index (χ0) is 13.8. The van der Waals surface area contributed by atoms with Crippen LogP contribution in [0.2, 0.25) is 0 Å². The Morgan fingerprint density at radius 2 is 2.05 bits per heavy atom. The van der Waals surface area contributed by atoms with Gasteiger partial charge in [0.2, 0.25) is 5.89 Å². The molecule has 1 heterocycles. The lowest BCUT2D eigenvalue weighted by atomic mass is 10.1. The minimum Gasteiger partial charge on any atom is -0.497 e. The van der Waals surface area contributed by atoms with E-state index in [4.69, 9.17) is 13.9 Å². The van der Waals surface area contributed by atoms with Gasteiger partial charge < -0.3 is 19.2 Å². The summed E-state index contributed by atoms with van der Waals surface area (Å²) in [6.45, 7) is 1.99. The molecule has 102 valence electrons. The molecule has 0 amide bonds. The molecule has 1 aromatic heterocycles. The Labute approximate surface area is 112 Å². The highest BCUT2D eigenvalue weighted by atomic mass is 16.5. The van der Waals surface area contributed by atoms with E-state index >= 15 is 0 Å². The van der Waals surface area contributed by atoms with Crippen molar-refractivity contribution in [2.75, 3.05) is 21.3 Å². The third kappa shape index (κ3) is 2.71. The number of ether oxygens (including phenoxy) is 2. The van der Waals surface area contributed by atoms with Crippen molar-refractivity contribution in [2.45, 2.75) is 13.0 Å². The summed E-state index contributed by atoms with van der Waals surface area (Å²) in [6, 6.07) is 5.64. The second-order valence-corrected chi connectivity index (χ2v) is 4.14. The molecule has 1 unspecified atom stereocenters. The van der Waals surface area contributed by atoms with Crippen LogP contribution in [0, 0.1) is 0 Å². The first-order valence-electron chi connectivity index (χ1n) is 6.05. The fourth-order valence-electron chi connectivity index (χ4n) is 1.74. The zero-order valence-corrected chi connectivity index (χ0v) is 11.6. The van der Waals surface area contributed by atoms with Gasteiger partial charge in [-0.25, -0.2) is 4.98 Å². The molecule has 0 fully saturated rings. The number of nitrogens with one attached hydrogen (secondary N) is 1. The molecule has 2 rings (SSSR count). The third-order valence-corrected chi connectivity index (χ3v) is 3.00. The lowest BCUT2D eigenvalue weighted by Gasteiger charge is -2.08. The maximum absolute atomic E-state index is 5.74. The number of methoxy groups -OCH3 is 2. The van der Waals surface area contributed by atoms with Crippen LogP contribution in [-0.2, 0) is 0 Å². The summed E-state index contributed by atoms with van der Waals surface area (Å²) in [4.78, 5) is 4.27. The van der Waals surface area contributed by atoms with Crippen molar-refractivity contribution < 1.29 is 13.9 Å². The maximum atomic E-state index is 5.74. The molecule has 0 aliphatic rings. The van der Waals surface area contributed by atoms with E-state index in [0.717, 1.165) is 11.3 Å². The normalized spacial score (nSPS) is 12.2. The Balaban J connectivity index is 2.38. The number of oxazole rings is 1. The Morgan fingerprint density at radius 1 is 1.26 bits per heavy atom. The summed E-state index contributed by atoms with van der Waals surface area (Å²) in [5, 5.41) is 3.09. The average Bonchev–Trinajstić information content (AvgIpc) is 2.95. The molecule has 0 saturated carbocycles. The van der Waals surface area contributed by atoms with Gasteiger partial charge in [0, 0.05) is 6.07 Å². The van der Waals surface area contributed by atoms with Crippen molar-refractivity contribution in [3.05, 3.63) is 30.3 Å². The van der Waals surface area contributed by atoms with E-state index in [1.54, 1.807) is 20.4 Å². The van der Waals surface area contributed by atoms with Crippen molar-refractivity contribution in [1.82, 2.24) is 10.3 Å².